The number of methoxy groups -OCH3 is 1. The zero-order valence-electron chi connectivity index (χ0n) is 12.2. The first-order valence-corrected chi connectivity index (χ1v) is 7.06. The van der Waals surface area contributed by atoms with Crippen molar-refractivity contribution in [1.82, 2.24) is 4.90 Å². The Morgan fingerprint density at radius 1 is 1.38 bits per heavy atom. The molecule has 0 saturated carbocycles. The zero-order chi connectivity index (χ0) is 15.2. The summed E-state index contributed by atoms with van der Waals surface area (Å²) in [4.78, 5) is 25.9. The number of benzene rings is 1. The third-order valence-electron chi connectivity index (χ3n) is 3.45. The maximum Gasteiger partial charge on any atom is 0.253 e. The molecule has 2 rings (SSSR count). The first-order valence-electron chi connectivity index (χ1n) is 7.06. The highest BCUT2D eigenvalue weighted by Crippen LogP contribution is 2.16. The minimum absolute atomic E-state index is 0.00443. The SMILES string of the molecule is COCC(N)C(=O)Nc1cccc(C(=O)N2CCCC2)c1. The van der Waals surface area contributed by atoms with E-state index in [1.807, 2.05) is 4.90 Å². The van der Waals surface area contributed by atoms with Crippen LogP contribution in [0, 0.1) is 0 Å². The van der Waals surface area contributed by atoms with Gasteiger partial charge in [0.15, 0.2) is 0 Å². The van der Waals surface area contributed by atoms with E-state index in [-0.39, 0.29) is 18.4 Å². The number of hydrogen-bond acceptors (Lipinski definition) is 4. The molecule has 3 N–H and O–H groups in total. The van der Waals surface area contributed by atoms with Crippen LogP contribution in [-0.4, -0.2) is 49.6 Å². The van der Waals surface area contributed by atoms with Gasteiger partial charge >= 0.3 is 0 Å². The predicted molar refractivity (Wildman–Crippen MR) is 80.1 cm³/mol. The van der Waals surface area contributed by atoms with Crippen molar-refractivity contribution in [2.24, 2.45) is 5.73 Å². The summed E-state index contributed by atoms with van der Waals surface area (Å²) in [5.74, 6) is -0.326. The topological polar surface area (TPSA) is 84.7 Å². The van der Waals surface area contributed by atoms with E-state index in [0.29, 0.717) is 11.3 Å². The molecule has 1 aliphatic rings. The maximum atomic E-state index is 12.3. The summed E-state index contributed by atoms with van der Waals surface area (Å²) in [7, 11) is 1.49. The Bertz CT molecular complexity index is 513. The number of carbonyl (C=O) groups is 2. The van der Waals surface area contributed by atoms with Gasteiger partial charge in [-0.3, -0.25) is 9.59 Å². The van der Waals surface area contributed by atoms with E-state index in [0.717, 1.165) is 25.9 Å². The molecule has 21 heavy (non-hydrogen) atoms. The molecule has 1 fully saturated rings. The van der Waals surface area contributed by atoms with Gasteiger partial charge in [0, 0.05) is 31.5 Å². The van der Waals surface area contributed by atoms with Crippen LogP contribution in [0.2, 0.25) is 0 Å². The first-order chi connectivity index (χ1) is 10.1. The third-order valence-corrected chi connectivity index (χ3v) is 3.45. The van der Waals surface area contributed by atoms with Crippen LogP contribution in [0.5, 0.6) is 0 Å². The van der Waals surface area contributed by atoms with Crippen LogP contribution >= 0.6 is 0 Å². The summed E-state index contributed by atoms with van der Waals surface area (Å²) in [6, 6.07) is 6.19. The van der Waals surface area contributed by atoms with E-state index >= 15 is 0 Å². The van der Waals surface area contributed by atoms with Gasteiger partial charge in [-0.1, -0.05) is 6.07 Å². The normalized spacial score (nSPS) is 15.8. The number of anilines is 1. The van der Waals surface area contributed by atoms with E-state index < -0.39 is 6.04 Å². The quantitative estimate of drug-likeness (QED) is 0.841. The highest BCUT2D eigenvalue weighted by Gasteiger charge is 2.20. The standard InChI is InChI=1S/C15H21N3O3/c1-21-10-13(16)14(19)17-12-6-4-5-11(9-12)15(20)18-7-2-3-8-18/h4-6,9,13H,2-3,7-8,10,16H2,1H3,(H,17,19). The van der Waals surface area contributed by atoms with Gasteiger partial charge in [-0.25, -0.2) is 0 Å². The van der Waals surface area contributed by atoms with Gasteiger partial charge in [0.1, 0.15) is 6.04 Å². The van der Waals surface area contributed by atoms with Crippen LogP contribution in [0.1, 0.15) is 23.2 Å². The van der Waals surface area contributed by atoms with Gasteiger partial charge in [-0.05, 0) is 31.0 Å². The lowest BCUT2D eigenvalue weighted by Gasteiger charge is -2.16. The Balaban J connectivity index is 2.03. The van der Waals surface area contributed by atoms with Crippen molar-refractivity contribution in [1.29, 1.82) is 0 Å². The van der Waals surface area contributed by atoms with Crippen molar-refractivity contribution >= 4 is 17.5 Å². The fourth-order valence-corrected chi connectivity index (χ4v) is 2.32. The van der Waals surface area contributed by atoms with Crippen LogP contribution in [0.3, 0.4) is 0 Å². The van der Waals surface area contributed by atoms with Crippen molar-refractivity contribution < 1.29 is 14.3 Å². The number of likely N-dealkylation sites (tertiary alicyclic amines) is 1. The lowest BCUT2D eigenvalue weighted by molar-refractivity contribution is -0.118. The van der Waals surface area contributed by atoms with Gasteiger partial charge < -0.3 is 20.7 Å². The molecule has 1 unspecified atom stereocenters. The van der Waals surface area contributed by atoms with Crippen molar-refractivity contribution in [2.45, 2.75) is 18.9 Å². The fourth-order valence-electron chi connectivity index (χ4n) is 2.32. The van der Waals surface area contributed by atoms with Gasteiger partial charge in [-0.2, -0.15) is 0 Å². The smallest absolute Gasteiger partial charge is 0.253 e. The lowest BCUT2D eigenvalue weighted by atomic mass is 10.1. The molecule has 0 spiro atoms. The molecule has 1 aromatic carbocycles. The molecule has 1 saturated heterocycles. The number of ether oxygens (including phenoxy) is 1. The molecular weight excluding hydrogens is 270 g/mol. The van der Waals surface area contributed by atoms with Crippen LogP contribution < -0.4 is 11.1 Å². The second-order valence-electron chi connectivity index (χ2n) is 5.13. The third kappa shape index (κ3) is 4.03. The molecule has 0 radical (unpaired) electrons. The minimum atomic E-state index is -0.729. The molecular formula is C15H21N3O3. The van der Waals surface area contributed by atoms with E-state index in [1.54, 1.807) is 24.3 Å². The number of carbonyl (C=O) groups excluding carboxylic acids is 2. The number of nitrogens with one attached hydrogen (secondary N) is 1. The maximum absolute atomic E-state index is 12.3. The molecule has 1 heterocycles. The molecule has 114 valence electrons. The number of hydrogen-bond donors (Lipinski definition) is 2. The summed E-state index contributed by atoms with van der Waals surface area (Å²) >= 11 is 0. The Morgan fingerprint density at radius 3 is 2.76 bits per heavy atom. The number of nitrogens with two attached hydrogens (primary N) is 1. The Hall–Kier alpha value is -1.92. The minimum Gasteiger partial charge on any atom is -0.383 e. The van der Waals surface area contributed by atoms with Crippen molar-refractivity contribution in [3.8, 4) is 0 Å². The summed E-state index contributed by atoms with van der Waals surface area (Å²) in [5.41, 5.74) is 6.81. The van der Waals surface area contributed by atoms with E-state index in [4.69, 9.17) is 10.5 Å². The second kappa shape index (κ2) is 7.19. The zero-order valence-corrected chi connectivity index (χ0v) is 12.2. The van der Waals surface area contributed by atoms with E-state index in [2.05, 4.69) is 5.32 Å². The van der Waals surface area contributed by atoms with Crippen molar-refractivity contribution in [2.75, 3.05) is 32.1 Å². The molecule has 0 bridgehead atoms. The summed E-state index contributed by atoms with van der Waals surface area (Å²) in [6.07, 6.45) is 2.10. The van der Waals surface area contributed by atoms with Crippen LogP contribution in [0.15, 0.2) is 24.3 Å². The molecule has 1 atom stereocenters. The van der Waals surface area contributed by atoms with Gasteiger partial charge in [-0.15, -0.1) is 0 Å². The second-order valence-corrected chi connectivity index (χ2v) is 5.13. The molecule has 6 heteroatoms. The van der Waals surface area contributed by atoms with Crippen LogP contribution in [0.4, 0.5) is 5.69 Å². The number of rotatable bonds is 5. The summed E-state index contributed by atoms with van der Waals surface area (Å²) in [6.45, 7) is 1.75. The molecule has 6 nitrogen and oxygen atoms in total. The van der Waals surface area contributed by atoms with Gasteiger partial charge in [0.2, 0.25) is 5.91 Å². The Labute approximate surface area is 124 Å². The first kappa shape index (κ1) is 15.5. The molecule has 0 aromatic heterocycles. The lowest BCUT2D eigenvalue weighted by Crippen LogP contribution is -2.39. The summed E-state index contributed by atoms with van der Waals surface area (Å²) < 4.78 is 4.85. The Kier molecular flexibility index (Phi) is 5.30. The van der Waals surface area contributed by atoms with Crippen LogP contribution in [0.25, 0.3) is 0 Å². The Morgan fingerprint density at radius 2 is 2.10 bits per heavy atom. The van der Waals surface area contributed by atoms with Gasteiger partial charge in [0.05, 0.1) is 6.61 Å². The average molecular weight is 291 g/mol. The predicted octanol–water partition coefficient (Wildman–Crippen LogP) is 0.835. The molecule has 0 aliphatic carbocycles. The number of nitrogens with zero attached hydrogens (tertiary/aromatic N) is 1. The fraction of sp³-hybridized carbons (Fsp3) is 0.467. The summed E-state index contributed by atoms with van der Waals surface area (Å²) in [5, 5.41) is 2.70. The highest BCUT2D eigenvalue weighted by atomic mass is 16.5. The largest absolute Gasteiger partial charge is 0.383 e. The van der Waals surface area contributed by atoms with E-state index in [9.17, 15) is 9.59 Å². The van der Waals surface area contributed by atoms with Crippen molar-refractivity contribution in [3.63, 3.8) is 0 Å². The van der Waals surface area contributed by atoms with E-state index in [1.165, 1.54) is 7.11 Å². The van der Waals surface area contributed by atoms with Crippen molar-refractivity contribution in [3.05, 3.63) is 29.8 Å². The molecule has 1 aromatic rings. The highest BCUT2D eigenvalue weighted by molar-refractivity contribution is 5.98. The average Bonchev–Trinajstić information content (AvgIpc) is 3.01. The number of amides is 2. The van der Waals surface area contributed by atoms with Crippen LogP contribution in [-0.2, 0) is 9.53 Å². The monoisotopic (exact) mass is 291 g/mol. The van der Waals surface area contributed by atoms with Gasteiger partial charge in [0.25, 0.3) is 5.91 Å². The molecule has 2 amide bonds. The molecule has 1 aliphatic heterocycles.